The number of carbonyl (C=O) groups is 6. The van der Waals surface area contributed by atoms with Gasteiger partial charge in [0.15, 0.2) is 0 Å². The van der Waals surface area contributed by atoms with Gasteiger partial charge in [-0.1, -0.05) is 6.07 Å². The molecule has 10 heteroatoms. The first-order valence-electron chi connectivity index (χ1n) is 8.51. The van der Waals surface area contributed by atoms with Crippen LogP contribution in [0.15, 0.2) is 24.3 Å². The van der Waals surface area contributed by atoms with Gasteiger partial charge >= 0.3 is 11.9 Å². The summed E-state index contributed by atoms with van der Waals surface area (Å²) in [6.07, 6.45) is 0.276. The second-order valence-corrected chi connectivity index (χ2v) is 6.17. The number of benzene rings is 1. The average molecular weight is 388 g/mol. The molecule has 0 atom stereocenters. The van der Waals surface area contributed by atoms with E-state index in [0.29, 0.717) is 0 Å². The minimum absolute atomic E-state index is 0.0442. The van der Waals surface area contributed by atoms with E-state index in [9.17, 15) is 28.8 Å². The van der Waals surface area contributed by atoms with Crippen LogP contribution in [-0.2, 0) is 28.8 Å². The first-order valence-corrected chi connectivity index (χ1v) is 8.51. The molecule has 0 radical (unpaired) electrons. The topological polar surface area (TPSA) is 127 Å². The van der Waals surface area contributed by atoms with Crippen molar-refractivity contribution in [2.45, 2.75) is 25.7 Å². The summed E-state index contributed by atoms with van der Waals surface area (Å²) in [4.78, 5) is 71.6. The van der Waals surface area contributed by atoms with Gasteiger partial charge in [-0.2, -0.15) is 0 Å². The monoisotopic (exact) mass is 388 g/mol. The van der Waals surface area contributed by atoms with Gasteiger partial charge in [0.1, 0.15) is 24.6 Å². The third-order valence-corrected chi connectivity index (χ3v) is 4.15. The van der Waals surface area contributed by atoms with Gasteiger partial charge < -0.3 is 9.47 Å². The first kappa shape index (κ1) is 19.2. The molecule has 2 fully saturated rings. The van der Waals surface area contributed by atoms with Crippen LogP contribution in [0.25, 0.3) is 0 Å². The summed E-state index contributed by atoms with van der Waals surface area (Å²) >= 11 is 0. The lowest BCUT2D eigenvalue weighted by Gasteiger charge is -2.14. The highest BCUT2D eigenvalue weighted by molar-refractivity contribution is 6.04. The minimum atomic E-state index is -0.819. The summed E-state index contributed by atoms with van der Waals surface area (Å²) in [5.74, 6) is -3.29. The van der Waals surface area contributed by atoms with Crippen LogP contribution in [0.1, 0.15) is 25.7 Å². The van der Waals surface area contributed by atoms with Crippen LogP contribution in [0.2, 0.25) is 0 Å². The quantitative estimate of drug-likeness (QED) is 0.372. The second kappa shape index (κ2) is 7.99. The second-order valence-electron chi connectivity index (χ2n) is 6.17. The Bertz CT molecular complexity index is 779. The van der Waals surface area contributed by atoms with Gasteiger partial charge in [-0.15, -0.1) is 0 Å². The van der Waals surface area contributed by atoms with E-state index in [1.165, 1.54) is 24.3 Å². The van der Waals surface area contributed by atoms with Gasteiger partial charge in [0.25, 0.3) is 0 Å². The number of nitrogens with zero attached hydrogens (tertiary/aromatic N) is 2. The van der Waals surface area contributed by atoms with Crippen LogP contribution in [0.4, 0.5) is 0 Å². The highest BCUT2D eigenvalue weighted by atomic mass is 16.5. The number of ether oxygens (including phenoxy) is 2. The predicted octanol–water partition coefficient (Wildman–Crippen LogP) is -0.205. The van der Waals surface area contributed by atoms with Crippen LogP contribution >= 0.6 is 0 Å². The molecule has 28 heavy (non-hydrogen) atoms. The Morgan fingerprint density at radius 2 is 1.07 bits per heavy atom. The minimum Gasteiger partial charge on any atom is -0.425 e. The predicted molar refractivity (Wildman–Crippen MR) is 89.6 cm³/mol. The zero-order chi connectivity index (χ0) is 20.3. The van der Waals surface area contributed by atoms with Gasteiger partial charge in [-0.25, -0.2) is 9.59 Å². The molecule has 146 valence electrons. The van der Waals surface area contributed by atoms with Crippen molar-refractivity contribution < 1.29 is 38.2 Å². The molecule has 0 aromatic heterocycles. The number of amides is 4. The summed E-state index contributed by atoms with van der Waals surface area (Å²) in [5.41, 5.74) is 0. The normalized spacial score (nSPS) is 16.7. The molecule has 4 amide bonds. The molecule has 2 aliphatic heterocycles. The molecular weight excluding hydrogens is 372 g/mol. The van der Waals surface area contributed by atoms with E-state index in [4.69, 9.17) is 9.47 Å². The van der Waals surface area contributed by atoms with Crippen molar-refractivity contribution in [3.8, 4) is 11.5 Å². The largest absolute Gasteiger partial charge is 0.425 e. The molecule has 3 rings (SSSR count). The summed E-state index contributed by atoms with van der Waals surface area (Å²) < 4.78 is 10.1. The standard InChI is InChI=1S/C18H16N2O8/c21-13-4-5-14(22)19(13)9-17(25)27-11-2-1-3-12(8-11)28-18(26)10-20-15(23)6-7-16(20)24/h1-3,8H,4-7,9-10H2. The van der Waals surface area contributed by atoms with E-state index in [1.807, 2.05) is 0 Å². The van der Waals surface area contributed by atoms with Crippen molar-refractivity contribution in [1.82, 2.24) is 9.80 Å². The average Bonchev–Trinajstić information content (AvgIpc) is 3.12. The highest BCUT2D eigenvalue weighted by Gasteiger charge is 2.32. The summed E-state index contributed by atoms with van der Waals surface area (Å²) in [6, 6.07) is 5.58. The van der Waals surface area contributed by atoms with Gasteiger partial charge in [0.2, 0.25) is 23.6 Å². The summed E-state index contributed by atoms with van der Waals surface area (Å²) in [7, 11) is 0. The molecule has 0 spiro atoms. The van der Waals surface area contributed by atoms with E-state index in [2.05, 4.69) is 0 Å². The van der Waals surface area contributed by atoms with Gasteiger partial charge in [0, 0.05) is 31.7 Å². The highest BCUT2D eigenvalue weighted by Crippen LogP contribution is 2.21. The van der Waals surface area contributed by atoms with E-state index >= 15 is 0 Å². The van der Waals surface area contributed by atoms with E-state index in [1.54, 1.807) is 0 Å². The van der Waals surface area contributed by atoms with Crippen molar-refractivity contribution in [1.29, 1.82) is 0 Å². The lowest BCUT2D eigenvalue weighted by molar-refractivity contribution is -0.147. The first-order chi connectivity index (χ1) is 13.3. The Morgan fingerprint density at radius 1 is 0.714 bits per heavy atom. The maximum absolute atomic E-state index is 11.9. The molecule has 2 aliphatic rings. The molecule has 0 saturated carbocycles. The molecule has 1 aromatic carbocycles. The SMILES string of the molecule is O=C(CN1C(=O)CCC1=O)Oc1cccc(OC(=O)CN2C(=O)CCC2=O)c1. The van der Waals surface area contributed by atoms with Crippen LogP contribution in [0.3, 0.4) is 0 Å². The fraction of sp³-hybridized carbons (Fsp3) is 0.333. The number of rotatable bonds is 6. The number of esters is 2. The number of imide groups is 2. The number of hydrogen-bond donors (Lipinski definition) is 0. The van der Waals surface area contributed by atoms with Crippen LogP contribution in [0.5, 0.6) is 11.5 Å². The molecule has 0 N–H and O–H groups in total. The van der Waals surface area contributed by atoms with Crippen molar-refractivity contribution in [3.05, 3.63) is 24.3 Å². The number of likely N-dealkylation sites (tertiary alicyclic amines) is 2. The zero-order valence-electron chi connectivity index (χ0n) is 14.7. The summed E-state index contributed by atoms with van der Waals surface area (Å²) in [6.45, 7) is -0.998. The third-order valence-electron chi connectivity index (χ3n) is 4.15. The van der Waals surface area contributed by atoms with Gasteiger partial charge in [0.05, 0.1) is 0 Å². The van der Waals surface area contributed by atoms with Crippen molar-refractivity contribution >= 4 is 35.6 Å². The van der Waals surface area contributed by atoms with E-state index in [0.717, 1.165) is 9.80 Å². The molecule has 2 saturated heterocycles. The van der Waals surface area contributed by atoms with Crippen LogP contribution in [-0.4, -0.2) is 58.5 Å². The Hall–Kier alpha value is -3.56. The Morgan fingerprint density at radius 3 is 1.43 bits per heavy atom. The smallest absolute Gasteiger partial charge is 0.331 e. The molecule has 0 unspecified atom stereocenters. The lowest BCUT2D eigenvalue weighted by Crippen LogP contribution is -2.36. The fourth-order valence-electron chi connectivity index (χ4n) is 2.79. The maximum Gasteiger partial charge on any atom is 0.331 e. The fourth-order valence-corrected chi connectivity index (χ4v) is 2.79. The molecule has 0 bridgehead atoms. The number of carbonyl (C=O) groups excluding carboxylic acids is 6. The van der Waals surface area contributed by atoms with E-state index in [-0.39, 0.29) is 37.2 Å². The summed E-state index contributed by atoms with van der Waals surface area (Å²) in [5, 5.41) is 0. The Labute approximate surface area is 159 Å². The van der Waals surface area contributed by atoms with Crippen molar-refractivity contribution in [2.75, 3.05) is 13.1 Å². The van der Waals surface area contributed by atoms with Crippen LogP contribution < -0.4 is 9.47 Å². The molecule has 2 heterocycles. The van der Waals surface area contributed by atoms with Crippen molar-refractivity contribution in [3.63, 3.8) is 0 Å². The Balaban J connectivity index is 1.56. The number of hydrogen-bond acceptors (Lipinski definition) is 8. The molecule has 0 aliphatic carbocycles. The zero-order valence-corrected chi connectivity index (χ0v) is 14.7. The molecule has 1 aromatic rings. The molecule has 10 nitrogen and oxygen atoms in total. The lowest BCUT2D eigenvalue weighted by atomic mass is 10.3. The Kier molecular flexibility index (Phi) is 5.48. The van der Waals surface area contributed by atoms with Gasteiger partial charge in [-0.3, -0.25) is 29.0 Å². The maximum atomic E-state index is 11.9. The van der Waals surface area contributed by atoms with Crippen LogP contribution in [0, 0.1) is 0 Å². The van der Waals surface area contributed by atoms with Crippen molar-refractivity contribution in [2.24, 2.45) is 0 Å². The van der Waals surface area contributed by atoms with E-state index < -0.39 is 48.7 Å². The third kappa shape index (κ3) is 4.40. The van der Waals surface area contributed by atoms with Gasteiger partial charge in [-0.05, 0) is 12.1 Å². The molecular formula is C18H16N2O8.